The van der Waals surface area contributed by atoms with Crippen LogP contribution in [-0.4, -0.2) is 11.8 Å². The monoisotopic (exact) mass is 656 g/mol. The Bertz CT molecular complexity index is 1190. The zero-order valence-corrected chi connectivity index (χ0v) is 30.0. The van der Waals surface area contributed by atoms with Crippen LogP contribution in [0.1, 0.15) is 163 Å². The minimum absolute atomic E-state index is 0.115. The first-order chi connectivity index (χ1) is 21.7. The summed E-state index contributed by atoms with van der Waals surface area (Å²) in [7, 11) is 0. The number of halogens is 1. The molecule has 1 atom stereocenters. The highest BCUT2D eigenvalue weighted by molar-refractivity contribution is 7.96. The third-order valence-electron chi connectivity index (χ3n) is 9.16. The van der Waals surface area contributed by atoms with Crippen molar-refractivity contribution < 1.29 is 4.39 Å². The van der Waals surface area contributed by atoms with E-state index in [0.29, 0.717) is 0 Å². The second-order valence-corrected chi connectivity index (χ2v) is 15.4. The standard InChI is InChI=1S/C38H57FN2S3/c1-3-5-7-9-11-13-15-17-19-21-23-30-25-34(42-28-30)32-27-33(39)36(38-37(32)40-44-41-38)35-26-31(29-43-35)24-22-20-18-16-14-12-10-8-6-4-2/h25-29,38,41H,3-24H2,1-2H3. The molecule has 0 saturated carbocycles. The van der Waals surface area contributed by atoms with E-state index in [4.69, 9.17) is 4.40 Å². The molecule has 0 saturated heterocycles. The van der Waals surface area contributed by atoms with Gasteiger partial charge in [0, 0.05) is 20.9 Å². The van der Waals surface area contributed by atoms with Crippen LogP contribution in [0, 0.1) is 0 Å². The molecule has 1 aliphatic carbocycles. The number of hydrogen-bond acceptors (Lipinski definition) is 5. The molecule has 2 aromatic rings. The van der Waals surface area contributed by atoms with Crippen LogP contribution in [0.4, 0.5) is 4.39 Å². The highest BCUT2D eigenvalue weighted by Gasteiger charge is 2.36. The maximum atomic E-state index is 15.8. The predicted molar refractivity (Wildman–Crippen MR) is 198 cm³/mol. The quantitative estimate of drug-likeness (QED) is 0.0898. The van der Waals surface area contributed by atoms with Gasteiger partial charge in [-0.25, -0.2) is 13.5 Å². The van der Waals surface area contributed by atoms with Crippen LogP contribution in [0.15, 0.2) is 39.2 Å². The van der Waals surface area contributed by atoms with Gasteiger partial charge in [0.2, 0.25) is 0 Å². The normalized spacial score (nSPS) is 16.5. The molecular formula is C38H57FN2S3. The average Bonchev–Trinajstić information content (AvgIpc) is 3.81. The van der Waals surface area contributed by atoms with Crippen molar-refractivity contribution in [2.24, 2.45) is 4.40 Å². The fourth-order valence-corrected chi connectivity index (χ4v) is 9.13. The minimum atomic E-state index is -0.184. The fourth-order valence-electron chi connectivity index (χ4n) is 6.44. The van der Waals surface area contributed by atoms with Gasteiger partial charge in [0.15, 0.2) is 0 Å². The third kappa shape index (κ3) is 11.5. The lowest BCUT2D eigenvalue weighted by atomic mass is 9.89. The van der Waals surface area contributed by atoms with Crippen molar-refractivity contribution in [1.82, 2.24) is 4.72 Å². The molecule has 0 radical (unpaired) electrons. The Morgan fingerprint density at radius 2 is 1.09 bits per heavy atom. The van der Waals surface area contributed by atoms with Crippen molar-refractivity contribution in [2.75, 3.05) is 0 Å². The van der Waals surface area contributed by atoms with E-state index in [9.17, 15) is 0 Å². The first-order valence-electron chi connectivity index (χ1n) is 18.0. The Labute approximate surface area is 280 Å². The average molecular weight is 657 g/mol. The number of hydrogen-bond donors (Lipinski definition) is 1. The van der Waals surface area contributed by atoms with Crippen LogP contribution in [0.2, 0.25) is 0 Å². The van der Waals surface area contributed by atoms with Crippen molar-refractivity contribution in [3.05, 3.63) is 55.7 Å². The smallest absolute Gasteiger partial charge is 0.130 e. The summed E-state index contributed by atoms with van der Waals surface area (Å²) in [6.07, 6.45) is 31.1. The van der Waals surface area contributed by atoms with E-state index in [1.165, 1.54) is 152 Å². The van der Waals surface area contributed by atoms with Gasteiger partial charge in [-0.1, -0.05) is 129 Å². The van der Waals surface area contributed by atoms with Crippen LogP contribution in [0.25, 0.3) is 11.1 Å². The second kappa shape index (κ2) is 20.8. The number of unbranched alkanes of at least 4 members (excludes halogenated alkanes) is 18. The van der Waals surface area contributed by atoms with Gasteiger partial charge in [0.1, 0.15) is 5.83 Å². The van der Waals surface area contributed by atoms with Crippen LogP contribution in [0.3, 0.4) is 0 Å². The van der Waals surface area contributed by atoms with Gasteiger partial charge in [0.25, 0.3) is 0 Å². The van der Waals surface area contributed by atoms with E-state index >= 15 is 4.39 Å². The molecule has 4 rings (SSSR count). The minimum Gasteiger partial charge on any atom is -0.231 e. The Balaban J connectivity index is 1.22. The van der Waals surface area contributed by atoms with Gasteiger partial charge in [-0.15, -0.1) is 22.7 Å². The lowest BCUT2D eigenvalue weighted by molar-refractivity contribution is 0.556. The molecule has 44 heavy (non-hydrogen) atoms. The molecule has 0 bridgehead atoms. The van der Waals surface area contributed by atoms with Crippen molar-refractivity contribution in [1.29, 1.82) is 0 Å². The van der Waals surface area contributed by atoms with Crippen LogP contribution >= 0.6 is 34.8 Å². The van der Waals surface area contributed by atoms with Crippen molar-refractivity contribution in [3.8, 4) is 0 Å². The number of nitrogens with one attached hydrogen (secondary N) is 1. The zero-order valence-electron chi connectivity index (χ0n) is 27.6. The zero-order chi connectivity index (χ0) is 30.8. The van der Waals surface area contributed by atoms with Gasteiger partial charge in [-0.3, -0.25) is 0 Å². The molecule has 1 unspecified atom stereocenters. The number of fused-ring (bicyclic) bond motifs is 1. The highest BCUT2D eigenvalue weighted by Crippen LogP contribution is 2.42. The number of aryl methyl sites for hydroxylation is 2. The molecule has 1 N–H and O–H groups in total. The Morgan fingerprint density at radius 3 is 1.61 bits per heavy atom. The Hall–Kier alpha value is -1.21. The number of thiophene rings is 2. The molecule has 0 spiro atoms. The van der Waals surface area contributed by atoms with Gasteiger partial charge >= 0.3 is 0 Å². The van der Waals surface area contributed by atoms with Crippen molar-refractivity contribution in [3.63, 3.8) is 0 Å². The molecule has 2 aliphatic rings. The molecule has 244 valence electrons. The number of allylic oxidation sites excluding steroid dienone is 2. The van der Waals surface area contributed by atoms with E-state index in [-0.39, 0.29) is 11.9 Å². The van der Waals surface area contributed by atoms with Crippen LogP contribution < -0.4 is 4.72 Å². The van der Waals surface area contributed by atoms with E-state index in [0.717, 1.165) is 39.5 Å². The van der Waals surface area contributed by atoms with E-state index in [2.05, 4.69) is 41.5 Å². The molecular weight excluding hydrogens is 600 g/mol. The molecule has 0 aromatic carbocycles. The van der Waals surface area contributed by atoms with Gasteiger partial charge in [-0.05, 0) is 65.8 Å². The molecule has 3 heterocycles. The maximum absolute atomic E-state index is 15.8. The summed E-state index contributed by atoms with van der Waals surface area (Å²) in [6, 6.07) is 4.32. The summed E-state index contributed by atoms with van der Waals surface area (Å²) in [5.74, 6) is -0.115. The lowest BCUT2D eigenvalue weighted by Gasteiger charge is -2.22. The van der Waals surface area contributed by atoms with E-state index in [1.54, 1.807) is 28.7 Å². The van der Waals surface area contributed by atoms with Crippen molar-refractivity contribution in [2.45, 2.75) is 161 Å². The van der Waals surface area contributed by atoms with Gasteiger partial charge < -0.3 is 0 Å². The van der Waals surface area contributed by atoms with Gasteiger partial charge in [0.05, 0.1) is 23.9 Å². The van der Waals surface area contributed by atoms with Gasteiger partial charge in [-0.2, -0.15) is 0 Å². The molecule has 6 heteroatoms. The first kappa shape index (κ1) is 35.6. The molecule has 2 aromatic heterocycles. The molecule has 2 nitrogen and oxygen atoms in total. The molecule has 1 aliphatic heterocycles. The first-order valence-corrected chi connectivity index (χ1v) is 20.5. The Morgan fingerprint density at radius 1 is 0.636 bits per heavy atom. The maximum Gasteiger partial charge on any atom is 0.130 e. The second-order valence-electron chi connectivity index (χ2n) is 12.9. The molecule has 0 amide bonds. The number of rotatable bonds is 24. The Kier molecular flexibility index (Phi) is 16.9. The van der Waals surface area contributed by atoms with E-state index in [1.807, 2.05) is 0 Å². The largest absolute Gasteiger partial charge is 0.231 e. The summed E-state index contributed by atoms with van der Waals surface area (Å²) < 4.78 is 23.9. The summed E-state index contributed by atoms with van der Waals surface area (Å²) in [5.41, 5.74) is 5.42. The summed E-state index contributed by atoms with van der Waals surface area (Å²) in [6.45, 7) is 4.56. The van der Waals surface area contributed by atoms with Crippen LogP contribution in [-0.2, 0) is 12.8 Å². The van der Waals surface area contributed by atoms with Crippen molar-refractivity contribution >= 4 is 51.7 Å². The number of nitrogens with zero attached hydrogens (tertiary/aromatic N) is 1. The molecule has 0 fully saturated rings. The SMILES string of the molecule is CCCCCCCCCCCCc1csc(C2=CC(F)=C(c3cc(CCCCCCCCCCCC)cs3)C3NSN=C23)c1. The highest BCUT2D eigenvalue weighted by atomic mass is 32.2. The lowest BCUT2D eigenvalue weighted by Crippen LogP contribution is -2.32. The third-order valence-corrected chi connectivity index (χ3v) is 11.8. The summed E-state index contributed by atoms with van der Waals surface area (Å²) in [4.78, 5) is 2.18. The summed E-state index contributed by atoms with van der Waals surface area (Å²) in [5, 5.41) is 4.51. The predicted octanol–water partition coefficient (Wildman–Crippen LogP) is 13.5. The van der Waals surface area contributed by atoms with E-state index < -0.39 is 0 Å². The van der Waals surface area contributed by atoms with Crippen LogP contribution in [0.5, 0.6) is 0 Å². The fraction of sp³-hybridized carbons (Fsp3) is 0.658. The topological polar surface area (TPSA) is 24.4 Å². The summed E-state index contributed by atoms with van der Waals surface area (Å²) >= 11 is 4.77.